The van der Waals surface area contributed by atoms with Crippen molar-refractivity contribution in [1.82, 2.24) is 5.32 Å². The molecule has 5 nitrogen and oxygen atoms in total. The largest absolute Gasteiger partial charge is 0.368 e. The molecule has 129 valence electrons. The predicted molar refractivity (Wildman–Crippen MR) is 93.4 cm³/mol. The lowest BCUT2D eigenvalue weighted by Crippen LogP contribution is -2.44. The Kier molecular flexibility index (Phi) is 7.45. The first-order valence-corrected chi connectivity index (χ1v) is 8.62. The van der Waals surface area contributed by atoms with E-state index in [1.165, 1.54) is 32.1 Å². The molecule has 0 aromatic rings. The summed E-state index contributed by atoms with van der Waals surface area (Å²) < 4.78 is 16.0. The highest BCUT2D eigenvalue weighted by Crippen LogP contribution is 2.32. The molecule has 1 saturated carbocycles. The number of halogens is 1. The molecule has 0 bridgehead atoms. The fraction of sp³-hybridized carbons (Fsp3) is 0.706. The summed E-state index contributed by atoms with van der Waals surface area (Å²) in [7, 11) is 2.03. The number of hydrogen-bond acceptors (Lipinski definition) is 5. The van der Waals surface area contributed by atoms with E-state index in [-0.39, 0.29) is 12.5 Å². The Bertz CT molecular complexity index is 568. The van der Waals surface area contributed by atoms with Gasteiger partial charge >= 0.3 is 5.97 Å². The molecule has 1 aliphatic carbocycles. The summed E-state index contributed by atoms with van der Waals surface area (Å²) in [6.45, 7) is 3.99. The van der Waals surface area contributed by atoms with Gasteiger partial charge in [0.05, 0.1) is 6.54 Å². The molecule has 3 atom stereocenters. The maximum Gasteiger partial charge on any atom is 0.333 e. The van der Waals surface area contributed by atoms with Crippen molar-refractivity contribution >= 4 is 24.6 Å². The lowest BCUT2D eigenvalue weighted by molar-refractivity contribution is -0.135. The van der Waals surface area contributed by atoms with E-state index in [0.29, 0.717) is 11.8 Å². The zero-order valence-electron chi connectivity index (χ0n) is 14.3. The highest BCUT2D eigenvalue weighted by atomic mass is 19.1. The van der Waals surface area contributed by atoms with E-state index in [0.717, 1.165) is 23.9 Å². The third kappa shape index (κ3) is 5.45. The van der Waals surface area contributed by atoms with Gasteiger partial charge in [0.15, 0.2) is 13.4 Å². The van der Waals surface area contributed by atoms with Gasteiger partial charge in [-0.3, -0.25) is 0 Å². The van der Waals surface area contributed by atoms with Crippen LogP contribution in [-0.4, -0.2) is 37.1 Å². The molecule has 0 aromatic carbocycles. The lowest BCUT2D eigenvalue weighted by atomic mass is 9.57. The summed E-state index contributed by atoms with van der Waals surface area (Å²) in [6, 6.07) is 0. The Morgan fingerprint density at radius 2 is 2.04 bits per heavy atom. The highest BCUT2D eigenvalue weighted by molar-refractivity contribution is 6.77. The summed E-state index contributed by atoms with van der Waals surface area (Å²) >= 11 is 0. The van der Waals surface area contributed by atoms with Gasteiger partial charge in [0.2, 0.25) is 0 Å². The van der Waals surface area contributed by atoms with Crippen LogP contribution in [0.5, 0.6) is 0 Å². The van der Waals surface area contributed by atoms with E-state index < -0.39 is 5.97 Å². The van der Waals surface area contributed by atoms with Gasteiger partial charge in [-0.25, -0.2) is 4.79 Å². The molecule has 0 aromatic heterocycles. The monoisotopic (exact) mass is 332 g/mol. The van der Waals surface area contributed by atoms with Crippen LogP contribution in [0.4, 0.5) is 4.39 Å². The number of carbonyl (C=O) groups is 1. The number of fused-ring (bicyclic) bond motifs is 1. The van der Waals surface area contributed by atoms with E-state index in [2.05, 4.69) is 27.2 Å². The molecule has 3 unspecified atom stereocenters. The molecule has 1 N–H and O–H groups in total. The van der Waals surface area contributed by atoms with Crippen LogP contribution in [0.2, 0.25) is 0 Å². The minimum Gasteiger partial charge on any atom is -0.368 e. The molecule has 2 rings (SSSR count). The Hall–Kier alpha value is -1.68. The van der Waals surface area contributed by atoms with Crippen molar-refractivity contribution in [2.75, 3.05) is 6.54 Å². The maximum atomic E-state index is 11.6. The second kappa shape index (κ2) is 9.58. The van der Waals surface area contributed by atoms with Gasteiger partial charge in [-0.05, 0) is 31.6 Å². The Morgan fingerprint density at radius 1 is 1.33 bits per heavy atom. The summed E-state index contributed by atoms with van der Waals surface area (Å²) in [4.78, 5) is 11.3. The van der Waals surface area contributed by atoms with Crippen LogP contribution in [0.15, 0.2) is 10.2 Å². The number of hydrogen-bond donors (Lipinski definition) is 1. The Morgan fingerprint density at radius 3 is 2.75 bits per heavy atom. The summed E-state index contributed by atoms with van der Waals surface area (Å²) in [6.07, 6.45) is 10.0. The van der Waals surface area contributed by atoms with Crippen LogP contribution in [0.3, 0.4) is 0 Å². The van der Waals surface area contributed by atoms with Gasteiger partial charge in [0.25, 0.3) is 0 Å². The van der Waals surface area contributed by atoms with Crippen LogP contribution in [-0.2, 0) is 9.53 Å². The van der Waals surface area contributed by atoms with Crippen molar-refractivity contribution in [1.29, 1.82) is 0 Å². The number of rotatable bonds is 5. The second-order valence-electron chi connectivity index (χ2n) is 6.48. The fourth-order valence-corrected chi connectivity index (χ4v) is 3.45. The second-order valence-corrected chi connectivity index (χ2v) is 6.48. The minimum absolute atomic E-state index is 0.0317. The first-order valence-electron chi connectivity index (χ1n) is 8.62. The van der Waals surface area contributed by atoms with Gasteiger partial charge in [0.1, 0.15) is 6.17 Å². The fourth-order valence-electron chi connectivity index (χ4n) is 3.45. The van der Waals surface area contributed by atoms with Crippen LogP contribution in [0.1, 0.15) is 52.4 Å². The molecule has 0 spiro atoms. The number of nitrogens with one attached hydrogen (secondary N) is 1. The molecule has 0 amide bonds. The summed E-state index contributed by atoms with van der Waals surface area (Å²) in [5, 5.41) is 11.8. The van der Waals surface area contributed by atoms with Crippen LogP contribution in [0, 0.1) is 24.1 Å². The van der Waals surface area contributed by atoms with E-state index in [1.54, 1.807) is 6.11 Å². The van der Waals surface area contributed by atoms with Crippen molar-refractivity contribution in [3.8, 4) is 12.3 Å². The molecule has 7 heteroatoms. The van der Waals surface area contributed by atoms with Crippen molar-refractivity contribution < 1.29 is 13.9 Å². The highest BCUT2D eigenvalue weighted by Gasteiger charge is 2.32. The van der Waals surface area contributed by atoms with Gasteiger partial charge in [-0.1, -0.05) is 32.6 Å². The summed E-state index contributed by atoms with van der Waals surface area (Å²) in [5.74, 6) is 0.223. The normalized spacial score (nSPS) is 24.8. The molecule has 2 aliphatic rings. The predicted octanol–water partition coefficient (Wildman–Crippen LogP) is 2.43. The molecular weight excluding hydrogens is 308 g/mol. The number of carbonyl (C=O) groups excluding carboxylic acids is 1. The van der Waals surface area contributed by atoms with E-state index in [4.69, 9.17) is 0 Å². The molecular formula is C17H24BFN3O2. The molecule has 0 saturated heterocycles. The van der Waals surface area contributed by atoms with Crippen LogP contribution in [0.25, 0.3) is 0 Å². The van der Waals surface area contributed by atoms with Crippen molar-refractivity contribution in [2.24, 2.45) is 22.0 Å². The smallest absolute Gasteiger partial charge is 0.333 e. The molecule has 1 fully saturated rings. The topological polar surface area (TPSA) is 63.0 Å². The van der Waals surface area contributed by atoms with Crippen LogP contribution < -0.4 is 5.32 Å². The number of nitrogens with zero attached hydrogens (tertiary/aromatic N) is 2. The third-order valence-corrected chi connectivity index (χ3v) is 4.70. The Balaban J connectivity index is 1.91. The molecule has 1 heterocycles. The number of ether oxygens (including phenoxy) is 1. The van der Waals surface area contributed by atoms with Crippen molar-refractivity contribution in [3.05, 3.63) is 0 Å². The van der Waals surface area contributed by atoms with Crippen molar-refractivity contribution in [2.45, 2.75) is 58.3 Å². The molecule has 1 aliphatic heterocycles. The maximum absolute atomic E-state index is 11.6. The van der Waals surface area contributed by atoms with Crippen LogP contribution >= 0.6 is 0 Å². The van der Waals surface area contributed by atoms with Gasteiger partial charge in [-0.15, -0.1) is 4.39 Å². The quantitative estimate of drug-likeness (QED) is 0.478. The first-order chi connectivity index (χ1) is 11.6. The van der Waals surface area contributed by atoms with E-state index >= 15 is 0 Å². The van der Waals surface area contributed by atoms with E-state index in [1.807, 2.05) is 14.2 Å². The lowest BCUT2D eigenvalue weighted by Gasteiger charge is -2.33. The average Bonchev–Trinajstić information content (AvgIpc) is 2.54. The number of esters is 1. The zero-order valence-corrected chi connectivity index (χ0v) is 14.3. The van der Waals surface area contributed by atoms with E-state index in [9.17, 15) is 9.18 Å². The summed E-state index contributed by atoms with van der Waals surface area (Å²) in [5.41, 5.74) is 2.14. The average molecular weight is 332 g/mol. The SMILES string of the molecule is CC1=NN=C([B]C(C)NCC(=O)OC#CF)C2CCCCCCC12. The van der Waals surface area contributed by atoms with Crippen molar-refractivity contribution in [3.63, 3.8) is 0 Å². The zero-order chi connectivity index (χ0) is 17.4. The van der Waals surface area contributed by atoms with Gasteiger partial charge in [-0.2, -0.15) is 10.2 Å². The molecule has 1 radical (unpaired) electrons. The van der Waals surface area contributed by atoms with Gasteiger partial charge in [0, 0.05) is 17.2 Å². The third-order valence-electron chi connectivity index (χ3n) is 4.70. The Labute approximate surface area is 143 Å². The first kappa shape index (κ1) is 18.7. The standard InChI is InChI=1S/C17H24BFN3O2/c1-12-14-7-5-3-4-6-8-15(14)17(22-21-12)18-13(2)20-11-16(23)24-10-9-19/h13-15,20H,3-8,11H2,1-2H3. The molecule has 24 heavy (non-hydrogen) atoms. The minimum atomic E-state index is -0.608. The van der Waals surface area contributed by atoms with Gasteiger partial charge < -0.3 is 10.1 Å².